The number of nitrogens with zero attached hydrogens (tertiary/aromatic N) is 1. The van der Waals surface area contributed by atoms with Gasteiger partial charge in [-0.1, -0.05) is 23.8 Å². The first-order chi connectivity index (χ1) is 8.13. The highest BCUT2D eigenvalue weighted by molar-refractivity contribution is 6.31. The number of nitrogens with one attached hydrogen (secondary N) is 1. The molecule has 0 radical (unpaired) electrons. The second-order valence-electron chi connectivity index (χ2n) is 4.05. The van der Waals surface area contributed by atoms with Crippen molar-refractivity contribution in [1.29, 1.82) is 0 Å². The molecule has 0 spiro atoms. The Morgan fingerprint density at radius 3 is 3.00 bits per heavy atom. The second-order valence-corrected chi connectivity index (χ2v) is 4.48. The normalized spacial score (nSPS) is 19.4. The predicted molar refractivity (Wildman–Crippen MR) is 71.7 cm³/mol. The largest absolute Gasteiger partial charge is 0.354 e. The molecule has 1 aromatic carbocycles. The first-order valence-electron chi connectivity index (χ1n) is 5.61. The van der Waals surface area contributed by atoms with Crippen LogP contribution in [0.4, 0.5) is 11.4 Å². The van der Waals surface area contributed by atoms with Crippen molar-refractivity contribution in [2.45, 2.75) is 19.9 Å². The van der Waals surface area contributed by atoms with Crippen molar-refractivity contribution < 1.29 is 4.79 Å². The monoisotopic (exact) mass is 250 g/mol. The van der Waals surface area contributed by atoms with Gasteiger partial charge in [-0.3, -0.25) is 4.79 Å². The average molecular weight is 251 g/mol. The van der Waals surface area contributed by atoms with E-state index in [0.717, 1.165) is 11.4 Å². The summed E-state index contributed by atoms with van der Waals surface area (Å²) in [5.41, 5.74) is 1.80. The minimum Gasteiger partial charge on any atom is -0.354 e. The minimum absolute atomic E-state index is 0.0179. The number of carbonyl (C=O) groups excluding carboxylic acids is 1. The number of hydrogen-bond acceptors (Lipinski definition) is 2. The van der Waals surface area contributed by atoms with E-state index in [0.29, 0.717) is 11.6 Å². The van der Waals surface area contributed by atoms with Crippen LogP contribution in [0.25, 0.3) is 0 Å². The van der Waals surface area contributed by atoms with Gasteiger partial charge < -0.3 is 10.2 Å². The molecule has 1 atom stereocenters. The van der Waals surface area contributed by atoms with Gasteiger partial charge in [0.1, 0.15) is 6.04 Å². The maximum absolute atomic E-state index is 11.8. The van der Waals surface area contributed by atoms with Gasteiger partial charge in [0.2, 0.25) is 5.91 Å². The van der Waals surface area contributed by atoms with Crippen LogP contribution in [0.3, 0.4) is 0 Å². The van der Waals surface area contributed by atoms with Gasteiger partial charge in [0.15, 0.2) is 0 Å². The number of hydrogen-bond donors (Lipinski definition) is 1. The van der Waals surface area contributed by atoms with Crippen LogP contribution in [0.1, 0.15) is 13.8 Å². The standard InChI is InChI=1S/C13H15ClN2O/c1-3-4-7-16-9(2)13(17)15-11-6-5-10(14)8-12(11)16/h3-6,8-9H,7H2,1-2H3,(H,15,17)/t9-/m0/s1. The Balaban J connectivity index is 2.42. The highest BCUT2D eigenvalue weighted by Gasteiger charge is 2.28. The van der Waals surface area contributed by atoms with Crippen LogP contribution in [0.15, 0.2) is 30.4 Å². The minimum atomic E-state index is -0.183. The van der Waals surface area contributed by atoms with E-state index in [2.05, 4.69) is 5.32 Å². The summed E-state index contributed by atoms with van der Waals surface area (Å²) >= 11 is 6.00. The molecule has 90 valence electrons. The number of amides is 1. The number of allylic oxidation sites excluding steroid dienone is 1. The maximum atomic E-state index is 11.8. The molecule has 1 aliphatic heterocycles. The lowest BCUT2D eigenvalue weighted by Gasteiger charge is -2.35. The van der Waals surface area contributed by atoms with E-state index in [9.17, 15) is 4.79 Å². The van der Waals surface area contributed by atoms with Gasteiger partial charge in [-0.05, 0) is 32.0 Å². The van der Waals surface area contributed by atoms with Crippen LogP contribution < -0.4 is 10.2 Å². The Labute approximate surface area is 106 Å². The first kappa shape index (κ1) is 12.0. The molecule has 1 N–H and O–H groups in total. The lowest BCUT2D eigenvalue weighted by Crippen LogP contribution is -2.46. The summed E-state index contributed by atoms with van der Waals surface area (Å²) in [7, 11) is 0. The van der Waals surface area contributed by atoms with Crippen LogP contribution in [0.2, 0.25) is 5.02 Å². The van der Waals surface area contributed by atoms with Crippen molar-refractivity contribution in [3.8, 4) is 0 Å². The molecule has 0 fully saturated rings. The highest BCUT2D eigenvalue weighted by atomic mass is 35.5. The third-order valence-electron chi connectivity index (χ3n) is 2.91. The molecule has 2 rings (SSSR count). The van der Waals surface area contributed by atoms with Gasteiger partial charge >= 0.3 is 0 Å². The topological polar surface area (TPSA) is 32.3 Å². The van der Waals surface area contributed by atoms with Gasteiger partial charge in [-0.15, -0.1) is 0 Å². The van der Waals surface area contributed by atoms with Crippen molar-refractivity contribution in [3.05, 3.63) is 35.4 Å². The van der Waals surface area contributed by atoms with Gasteiger partial charge in [-0.25, -0.2) is 0 Å². The SMILES string of the molecule is CC=CCN1c2cc(Cl)ccc2NC(=O)[C@@H]1C. The van der Waals surface area contributed by atoms with Gasteiger partial charge in [-0.2, -0.15) is 0 Å². The summed E-state index contributed by atoms with van der Waals surface area (Å²) < 4.78 is 0. The quantitative estimate of drug-likeness (QED) is 0.819. The van der Waals surface area contributed by atoms with E-state index in [-0.39, 0.29) is 11.9 Å². The second kappa shape index (κ2) is 4.80. The molecule has 1 aromatic rings. The maximum Gasteiger partial charge on any atom is 0.246 e. The molecule has 1 amide bonds. The molecule has 1 aliphatic rings. The fraction of sp³-hybridized carbons (Fsp3) is 0.308. The molecular weight excluding hydrogens is 236 g/mol. The summed E-state index contributed by atoms with van der Waals surface area (Å²) in [4.78, 5) is 13.8. The summed E-state index contributed by atoms with van der Waals surface area (Å²) in [5, 5.41) is 3.56. The van der Waals surface area contributed by atoms with E-state index in [1.807, 2.05) is 43.0 Å². The summed E-state index contributed by atoms with van der Waals surface area (Å²) in [6, 6.07) is 5.32. The average Bonchev–Trinajstić information content (AvgIpc) is 2.31. The summed E-state index contributed by atoms with van der Waals surface area (Å²) in [5.74, 6) is 0.0179. The van der Waals surface area contributed by atoms with E-state index in [1.165, 1.54) is 0 Å². The Kier molecular flexibility index (Phi) is 3.38. The molecule has 0 unspecified atom stereocenters. The fourth-order valence-corrected chi connectivity index (χ4v) is 2.08. The fourth-order valence-electron chi connectivity index (χ4n) is 1.91. The number of anilines is 2. The van der Waals surface area contributed by atoms with Crippen LogP contribution >= 0.6 is 11.6 Å². The molecular formula is C13H15ClN2O. The lowest BCUT2D eigenvalue weighted by molar-refractivity contribution is -0.117. The number of rotatable bonds is 2. The van der Waals surface area contributed by atoms with Crippen LogP contribution in [0, 0.1) is 0 Å². The van der Waals surface area contributed by atoms with Crippen molar-refractivity contribution in [2.24, 2.45) is 0 Å². The number of fused-ring (bicyclic) bond motifs is 1. The number of benzene rings is 1. The molecule has 17 heavy (non-hydrogen) atoms. The molecule has 0 aliphatic carbocycles. The highest BCUT2D eigenvalue weighted by Crippen LogP contribution is 2.34. The van der Waals surface area contributed by atoms with E-state index < -0.39 is 0 Å². The number of halogens is 1. The third kappa shape index (κ3) is 2.29. The molecule has 0 bridgehead atoms. The van der Waals surface area contributed by atoms with Crippen molar-refractivity contribution in [1.82, 2.24) is 0 Å². The first-order valence-corrected chi connectivity index (χ1v) is 5.99. The van der Waals surface area contributed by atoms with Crippen LogP contribution in [0.5, 0.6) is 0 Å². The smallest absolute Gasteiger partial charge is 0.246 e. The summed E-state index contributed by atoms with van der Waals surface area (Å²) in [6.45, 7) is 4.56. The summed E-state index contributed by atoms with van der Waals surface area (Å²) in [6.07, 6.45) is 4.00. The third-order valence-corrected chi connectivity index (χ3v) is 3.15. The van der Waals surface area contributed by atoms with Crippen molar-refractivity contribution >= 4 is 28.9 Å². The molecule has 4 heteroatoms. The Morgan fingerprint density at radius 1 is 1.53 bits per heavy atom. The van der Waals surface area contributed by atoms with E-state index >= 15 is 0 Å². The Bertz CT molecular complexity index is 470. The zero-order valence-corrected chi connectivity index (χ0v) is 10.7. The Morgan fingerprint density at radius 2 is 2.29 bits per heavy atom. The molecule has 3 nitrogen and oxygen atoms in total. The molecule has 0 saturated heterocycles. The van der Waals surface area contributed by atoms with E-state index in [1.54, 1.807) is 6.07 Å². The zero-order valence-electron chi connectivity index (χ0n) is 9.90. The van der Waals surface area contributed by atoms with Gasteiger partial charge in [0.25, 0.3) is 0 Å². The lowest BCUT2D eigenvalue weighted by atomic mass is 10.1. The number of carbonyl (C=O) groups is 1. The van der Waals surface area contributed by atoms with Crippen molar-refractivity contribution in [2.75, 3.05) is 16.8 Å². The zero-order chi connectivity index (χ0) is 12.4. The van der Waals surface area contributed by atoms with E-state index in [4.69, 9.17) is 11.6 Å². The Hall–Kier alpha value is -1.48. The van der Waals surface area contributed by atoms with Crippen LogP contribution in [-0.2, 0) is 4.79 Å². The van der Waals surface area contributed by atoms with Crippen molar-refractivity contribution in [3.63, 3.8) is 0 Å². The van der Waals surface area contributed by atoms with Gasteiger partial charge in [0, 0.05) is 11.6 Å². The molecule has 0 saturated carbocycles. The van der Waals surface area contributed by atoms with Gasteiger partial charge in [0.05, 0.1) is 11.4 Å². The predicted octanol–water partition coefficient (Wildman–Crippen LogP) is 3.06. The van der Waals surface area contributed by atoms with Crippen LogP contribution in [-0.4, -0.2) is 18.5 Å². The molecule has 0 aromatic heterocycles. The molecule has 1 heterocycles.